The molecule has 10 heterocycles. The topological polar surface area (TPSA) is 537 Å². The van der Waals surface area contributed by atoms with E-state index in [0.29, 0.717) is 40.7 Å². The second kappa shape index (κ2) is 44.9. The summed E-state index contributed by atoms with van der Waals surface area (Å²) in [6, 6.07) is 26.9. The molecule has 5 amide bonds. The van der Waals surface area contributed by atoms with Gasteiger partial charge in [0.15, 0.2) is 74.9 Å². The molecular weight excluding hydrogens is 1880 g/mol. The normalized spacial score (nSPS) is 10.9. The summed E-state index contributed by atoms with van der Waals surface area (Å²) in [6.07, 6.45) is 25.7. The van der Waals surface area contributed by atoms with E-state index in [1.165, 1.54) is 94.6 Å². The zero-order valence-electron chi connectivity index (χ0n) is 71.1. The number of aromatic nitrogens is 20. The minimum atomic E-state index is -1.26. The largest absolute Gasteiger partial charge is 0.495 e. The summed E-state index contributed by atoms with van der Waals surface area (Å²) in [5, 5.41) is 60.3. The third kappa shape index (κ3) is 23.7. The Kier molecular flexibility index (Phi) is 31.9. The number of rotatable bonds is 23. The zero-order valence-corrected chi connectivity index (χ0v) is 73.4. The number of ether oxygens (including phenoxy) is 7. The molecule has 5 aromatic carbocycles. The van der Waals surface area contributed by atoms with Crippen LogP contribution < -0.4 is 36.1 Å². The number of nitriles is 1. The first kappa shape index (κ1) is 96.8. The van der Waals surface area contributed by atoms with Crippen LogP contribution in [0.25, 0.3) is 29.1 Å². The molecule has 0 bridgehead atoms. The molecule has 1 saturated carbocycles. The molecule has 1 fully saturated rings. The predicted molar refractivity (Wildman–Crippen MR) is 467 cm³/mol. The van der Waals surface area contributed by atoms with E-state index in [2.05, 4.69) is 137 Å². The first-order chi connectivity index (χ1) is 65.6. The van der Waals surface area contributed by atoms with E-state index in [1.54, 1.807) is 134 Å². The number of hydrogen-bond acceptors (Lipinski definition) is 33. The van der Waals surface area contributed by atoms with Gasteiger partial charge in [-0.25, -0.2) is 70.8 Å². The maximum Gasteiger partial charge on any atom is 0.340 e. The molecule has 690 valence electrons. The van der Waals surface area contributed by atoms with Crippen molar-refractivity contribution in [3.05, 3.63) is 315 Å². The summed E-state index contributed by atoms with van der Waals surface area (Å²) in [5.74, 6) is -9.82. The number of halogens is 7. The molecule has 0 saturated heterocycles. The van der Waals surface area contributed by atoms with Crippen LogP contribution in [-0.2, 0) is 23.7 Å². The molecule has 5 N–H and O–H groups in total. The van der Waals surface area contributed by atoms with Gasteiger partial charge in [0.05, 0.1) is 121 Å². The van der Waals surface area contributed by atoms with Gasteiger partial charge in [0.25, 0.3) is 29.5 Å². The molecule has 0 radical (unpaired) electrons. The molecule has 10 aromatic heterocycles. The van der Waals surface area contributed by atoms with Crippen molar-refractivity contribution in [1.29, 1.82) is 5.26 Å². The number of methoxy groups -OCH3 is 7. The quantitative estimate of drug-likeness (QED) is 0.0225. The van der Waals surface area contributed by atoms with Gasteiger partial charge in [-0.1, -0.05) is 11.6 Å². The lowest BCUT2D eigenvalue weighted by Gasteiger charge is -2.14. The Morgan fingerprint density at radius 1 is 0.375 bits per heavy atom. The lowest BCUT2D eigenvalue weighted by molar-refractivity contribution is 0.0592. The van der Waals surface area contributed by atoms with E-state index < -0.39 is 105 Å². The maximum absolute atomic E-state index is 14.6. The van der Waals surface area contributed by atoms with E-state index in [0.717, 1.165) is 65.5 Å². The van der Waals surface area contributed by atoms with Crippen LogP contribution in [-0.4, -0.2) is 208 Å². The lowest BCUT2D eigenvalue weighted by atomic mass is 10.0. The SMILES string of the molecule is COC(=O)c1cc(C#N)c(F)cc1NC(=O)c1ccc(-n2ccnc2)nn1.COC(=O)c1cc(F)c(Br)cc1NC(=O)c1ccc(-n2ccnc2)nn1.COC(=O)c1cc(F)c(C2CC2)cc1NC(=O)c1ccc(-n2ccnc2)nn1.COC(=O)c1cc(F)c(OC)c(F)c1NC(=O)c1ccc(-n2ccnc2)nn1.COC(=O)c1cc(OC)c(Cl)cc1NC(=O)c1ccc(-n2ccnc2)nn1. The Labute approximate surface area is 775 Å². The highest BCUT2D eigenvalue weighted by molar-refractivity contribution is 9.10. The number of carbonyl (C=O) groups is 10. The van der Waals surface area contributed by atoms with Gasteiger partial charge in [0, 0.05) is 62.0 Å². The minimum Gasteiger partial charge on any atom is -0.495 e. The highest BCUT2D eigenvalue weighted by Gasteiger charge is 2.32. The van der Waals surface area contributed by atoms with Gasteiger partial charge in [0.2, 0.25) is 0 Å². The molecule has 0 aliphatic heterocycles. The van der Waals surface area contributed by atoms with Crippen molar-refractivity contribution in [3.63, 3.8) is 0 Å². The summed E-state index contributed by atoms with van der Waals surface area (Å²) >= 11 is 9.11. The van der Waals surface area contributed by atoms with E-state index >= 15 is 0 Å². The van der Waals surface area contributed by atoms with E-state index in [4.69, 9.17) is 31.1 Å². The number of hydrogen-bond donors (Lipinski definition) is 5. The number of benzene rings is 5. The van der Waals surface area contributed by atoms with Gasteiger partial charge in [-0.2, -0.15) is 5.26 Å². The van der Waals surface area contributed by atoms with E-state index in [1.807, 2.05) is 0 Å². The van der Waals surface area contributed by atoms with Crippen LogP contribution in [0, 0.1) is 40.4 Å². The van der Waals surface area contributed by atoms with Crippen LogP contribution in [0.4, 0.5) is 50.4 Å². The van der Waals surface area contributed by atoms with Gasteiger partial charge in [-0.05, 0) is 156 Å². The Morgan fingerprint density at radius 3 is 1.01 bits per heavy atom. The highest BCUT2D eigenvalue weighted by atomic mass is 79.9. The highest BCUT2D eigenvalue weighted by Crippen LogP contribution is 2.43. The van der Waals surface area contributed by atoms with Crippen LogP contribution in [0.2, 0.25) is 5.02 Å². The van der Waals surface area contributed by atoms with Crippen molar-refractivity contribution < 1.29 is 103 Å². The number of amides is 5. The van der Waals surface area contributed by atoms with Crippen LogP contribution in [0.1, 0.15) is 134 Å². The summed E-state index contributed by atoms with van der Waals surface area (Å²) in [7, 11) is 8.21. The van der Waals surface area contributed by atoms with Crippen LogP contribution in [0.3, 0.4) is 0 Å². The fraction of sp³-hybridized carbons (Fsp3) is 0.116. The predicted octanol–water partition coefficient (Wildman–Crippen LogP) is 11.4. The first-order valence-corrected chi connectivity index (χ1v) is 39.8. The Balaban J connectivity index is 0.000000153. The van der Waals surface area contributed by atoms with Gasteiger partial charge in [-0.3, -0.25) is 46.8 Å². The van der Waals surface area contributed by atoms with Crippen LogP contribution >= 0.6 is 27.5 Å². The number of carbonyl (C=O) groups excluding carboxylic acids is 10. The molecule has 43 nitrogen and oxygen atoms in total. The molecule has 50 heteroatoms. The van der Waals surface area contributed by atoms with Crippen LogP contribution in [0.5, 0.6) is 11.5 Å². The molecule has 0 spiro atoms. The fourth-order valence-corrected chi connectivity index (χ4v) is 12.3. The summed E-state index contributed by atoms with van der Waals surface area (Å²) < 4.78 is 111. The molecule has 0 unspecified atom stereocenters. The molecule has 15 aromatic rings. The smallest absolute Gasteiger partial charge is 0.340 e. The molecular formula is C86H65BrClF5N26O17. The first-order valence-electron chi connectivity index (χ1n) is 38.7. The van der Waals surface area contributed by atoms with E-state index in [9.17, 15) is 69.9 Å². The summed E-state index contributed by atoms with van der Waals surface area (Å²) in [4.78, 5) is 141. The van der Waals surface area contributed by atoms with Crippen molar-refractivity contribution in [3.8, 4) is 46.7 Å². The summed E-state index contributed by atoms with van der Waals surface area (Å²) in [6.45, 7) is 0. The Hall–Kier alpha value is -18.2. The third-order valence-electron chi connectivity index (χ3n) is 18.6. The number of anilines is 5. The average Bonchev–Trinajstić information content (AvgIpc) is 1.04. The van der Waals surface area contributed by atoms with E-state index in [-0.39, 0.29) is 100 Å². The summed E-state index contributed by atoms with van der Waals surface area (Å²) in [5.41, 5.74) is -1.05. The molecule has 0 atom stereocenters. The number of imidazole rings is 5. The average molecular weight is 1940 g/mol. The minimum absolute atomic E-state index is 0.0186. The van der Waals surface area contributed by atoms with Gasteiger partial charge < -0.3 is 59.7 Å². The Bertz CT molecular complexity index is 6960. The molecule has 1 aliphatic carbocycles. The number of esters is 5. The van der Waals surface area contributed by atoms with Crippen molar-refractivity contribution in [1.82, 2.24) is 98.7 Å². The van der Waals surface area contributed by atoms with Crippen molar-refractivity contribution in [2.75, 3.05) is 76.4 Å². The van der Waals surface area contributed by atoms with Crippen LogP contribution in [0.15, 0.2) is 213 Å². The van der Waals surface area contributed by atoms with Gasteiger partial charge in [-0.15, -0.1) is 51.0 Å². The zero-order chi connectivity index (χ0) is 97.4. The number of nitrogens with one attached hydrogen (secondary N) is 5. The lowest BCUT2D eigenvalue weighted by Crippen LogP contribution is -2.19. The second-order valence-electron chi connectivity index (χ2n) is 27.1. The van der Waals surface area contributed by atoms with Crippen molar-refractivity contribution >= 4 is 115 Å². The van der Waals surface area contributed by atoms with Crippen molar-refractivity contribution in [2.45, 2.75) is 18.8 Å². The van der Waals surface area contributed by atoms with Crippen molar-refractivity contribution in [2.24, 2.45) is 0 Å². The standard InChI is InChI=1S/C19H16FN5O3.C17H14ClN5O4.C17H13F2N5O4.C17H11FN6O3.C16H11BrFN5O3/c1-28-19(27)13-8-14(20)12(11-2-3-11)9-16(13)22-18(26)15-4-5-17(24-23-15)25-7-6-21-10-25;1-26-14-7-10(17(25)27-2)13(8-11(14)18)20-16(24)12-3-4-15(22-21-12)23-6-5-19-9-23;1-27-15-10(18)7-9(17(26)28-2)14(13(15)19)21-16(25)11-3-4-12(23-22-11)24-6-5-20-8-24;1-27-17(26)11-6-10(8-19)12(18)7-14(11)21-16(25)13-2-3-15(23-22-13)24-5-4-20-9-24;1-26-16(25)9-6-11(18)10(17)7-13(9)20-15(24)12-2-3-14(22-21-12)23-5-4-19-8-23/h4-11H,2-3H2,1H3,(H,22,26);3-9H,1-2H3,(H,20,24);3-8H,1-2H3,(H,21,25);2-7,9H,1H3,(H,21,25);2-8H,1H3,(H,20,24). The molecule has 1 aliphatic rings. The molecule has 16 rings (SSSR count). The third-order valence-corrected chi connectivity index (χ3v) is 19.5. The fourth-order valence-electron chi connectivity index (χ4n) is 11.7. The monoisotopic (exact) mass is 1940 g/mol. The number of nitrogens with zero attached hydrogens (tertiary/aromatic N) is 21. The molecule has 136 heavy (non-hydrogen) atoms. The van der Waals surface area contributed by atoms with Gasteiger partial charge >= 0.3 is 29.8 Å². The Morgan fingerprint density at radius 2 is 0.691 bits per heavy atom. The van der Waals surface area contributed by atoms with Gasteiger partial charge in [0.1, 0.15) is 60.9 Å². The maximum atomic E-state index is 14.6. The second-order valence-corrected chi connectivity index (χ2v) is 28.4.